The summed E-state index contributed by atoms with van der Waals surface area (Å²) in [5.41, 5.74) is 1.39. The lowest BCUT2D eigenvalue weighted by atomic mass is 9.97. The quantitative estimate of drug-likeness (QED) is 0.572. The molecule has 0 saturated carbocycles. The highest BCUT2D eigenvalue weighted by Gasteiger charge is 2.47. The van der Waals surface area contributed by atoms with Crippen molar-refractivity contribution in [2.75, 3.05) is 5.32 Å². The Bertz CT molecular complexity index is 1040. The van der Waals surface area contributed by atoms with Gasteiger partial charge in [-0.25, -0.2) is 4.68 Å². The van der Waals surface area contributed by atoms with Crippen LogP contribution in [0.25, 0.3) is 0 Å². The van der Waals surface area contributed by atoms with E-state index in [9.17, 15) is 18.0 Å². The lowest BCUT2D eigenvalue weighted by Gasteiger charge is -2.33. The fourth-order valence-corrected chi connectivity index (χ4v) is 3.96. The molecule has 2 N–H and O–H groups in total. The van der Waals surface area contributed by atoms with Crippen LogP contribution in [0, 0.1) is 0 Å². The molecule has 1 aromatic carbocycles. The molecule has 10 heteroatoms. The third kappa shape index (κ3) is 4.04. The van der Waals surface area contributed by atoms with Crippen molar-refractivity contribution in [1.82, 2.24) is 20.1 Å². The fourth-order valence-electron chi connectivity index (χ4n) is 3.41. The van der Waals surface area contributed by atoms with Gasteiger partial charge in [0.05, 0.1) is 10.5 Å². The summed E-state index contributed by atoms with van der Waals surface area (Å²) in [6, 6.07) is 9.99. The number of nitrogens with zero attached hydrogens (tertiary/aromatic N) is 3. The van der Waals surface area contributed by atoms with Gasteiger partial charge >= 0.3 is 6.18 Å². The molecule has 156 valence electrons. The van der Waals surface area contributed by atoms with Gasteiger partial charge in [0, 0.05) is 25.4 Å². The number of carbonyl (C=O) groups is 1. The van der Waals surface area contributed by atoms with E-state index >= 15 is 0 Å². The Kier molecular flexibility index (Phi) is 5.50. The minimum absolute atomic E-state index is 0.107. The van der Waals surface area contributed by atoms with Crippen molar-refractivity contribution in [2.45, 2.75) is 31.2 Å². The molecule has 0 saturated heterocycles. The van der Waals surface area contributed by atoms with Gasteiger partial charge in [-0.15, -0.1) is 0 Å². The smallest absolute Gasteiger partial charge is 0.362 e. The first kappa shape index (κ1) is 20.4. The molecular weight excluding hydrogens is 463 g/mol. The van der Waals surface area contributed by atoms with Gasteiger partial charge in [-0.05, 0) is 33.1 Å². The normalized spacial score (nSPS) is 18.4. The van der Waals surface area contributed by atoms with E-state index in [1.807, 2.05) is 0 Å². The van der Waals surface area contributed by atoms with E-state index in [4.69, 9.17) is 0 Å². The van der Waals surface area contributed by atoms with Crippen LogP contribution in [0.15, 0.2) is 59.3 Å². The summed E-state index contributed by atoms with van der Waals surface area (Å²) in [5.74, 6) is -0.449. The van der Waals surface area contributed by atoms with E-state index in [1.165, 1.54) is 0 Å². The van der Waals surface area contributed by atoms with Crippen LogP contribution in [0.4, 0.5) is 19.0 Å². The molecule has 0 unspecified atom stereocenters. The second-order valence-corrected chi connectivity index (χ2v) is 7.69. The number of amides is 1. The number of alkyl halides is 3. The first-order valence-corrected chi connectivity index (χ1v) is 9.97. The summed E-state index contributed by atoms with van der Waals surface area (Å²) in [6.07, 6.45) is -1.54. The molecule has 6 nitrogen and oxygen atoms in total. The van der Waals surface area contributed by atoms with Crippen molar-refractivity contribution in [1.29, 1.82) is 0 Å². The molecule has 0 fully saturated rings. The largest absolute Gasteiger partial charge is 0.410 e. The van der Waals surface area contributed by atoms with E-state index in [1.54, 1.807) is 54.9 Å². The SMILES string of the molecule is O=C(NCc1cccnc1)c1nn2c(c1Br)N[C@H](c1ccccc1)C[C@H]2C(F)(F)F. The van der Waals surface area contributed by atoms with Crippen LogP contribution in [0.1, 0.15) is 40.1 Å². The van der Waals surface area contributed by atoms with Crippen LogP contribution in [0.3, 0.4) is 0 Å². The van der Waals surface area contributed by atoms with Crippen LogP contribution in [0.5, 0.6) is 0 Å². The first-order chi connectivity index (χ1) is 14.3. The standard InChI is InChI=1S/C20H17BrF3N5O/c21-16-17(19(30)26-11-12-5-4-8-25-10-12)28-29-15(20(22,23)24)9-14(27-18(16)29)13-6-2-1-3-7-13/h1-8,10,14-15,27H,9,11H2,(H,26,30)/t14-,15-/m0/s1. The third-order valence-corrected chi connectivity index (χ3v) is 5.64. The second kappa shape index (κ2) is 8.10. The fraction of sp³-hybridized carbons (Fsp3) is 0.250. The second-order valence-electron chi connectivity index (χ2n) is 6.90. The van der Waals surface area contributed by atoms with Gasteiger partial charge < -0.3 is 10.6 Å². The van der Waals surface area contributed by atoms with Crippen LogP contribution in [-0.4, -0.2) is 26.8 Å². The number of halogens is 4. The maximum absolute atomic E-state index is 13.8. The van der Waals surface area contributed by atoms with E-state index in [2.05, 4.69) is 36.6 Å². The van der Waals surface area contributed by atoms with E-state index in [-0.39, 0.29) is 29.0 Å². The average Bonchev–Trinajstić information content (AvgIpc) is 3.08. The monoisotopic (exact) mass is 479 g/mol. The summed E-state index contributed by atoms with van der Waals surface area (Å²) in [5, 5.41) is 9.76. The highest BCUT2D eigenvalue weighted by molar-refractivity contribution is 9.10. The zero-order valence-corrected chi connectivity index (χ0v) is 17.1. The van der Waals surface area contributed by atoms with Gasteiger partial charge in [-0.1, -0.05) is 36.4 Å². The van der Waals surface area contributed by atoms with Crippen LogP contribution >= 0.6 is 15.9 Å². The molecule has 3 aromatic rings. The van der Waals surface area contributed by atoms with Crippen LogP contribution in [0.2, 0.25) is 0 Å². The number of fused-ring (bicyclic) bond motifs is 1. The number of carbonyl (C=O) groups excluding carboxylic acids is 1. The van der Waals surface area contributed by atoms with Gasteiger partial charge in [-0.3, -0.25) is 9.78 Å². The van der Waals surface area contributed by atoms with Crippen LogP contribution < -0.4 is 10.6 Å². The Morgan fingerprint density at radius 2 is 2.00 bits per heavy atom. The van der Waals surface area contributed by atoms with Crippen molar-refractivity contribution < 1.29 is 18.0 Å². The molecule has 0 radical (unpaired) electrons. The van der Waals surface area contributed by atoms with E-state index in [0.717, 1.165) is 15.8 Å². The third-order valence-electron chi connectivity index (χ3n) is 4.89. The van der Waals surface area contributed by atoms with Crippen molar-refractivity contribution in [3.63, 3.8) is 0 Å². The predicted octanol–water partition coefficient (Wildman–Crippen LogP) is 4.63. The lowest BCUT2D eigenvalue weighted by molar-refractivity contribution is -0.173. The van der Waals surface area contributed by atoms with Gasteiger partial charge in [-0.2, -0.15) is 18.3 Å². The summed E-state index contributed by atoms with van der Waals surface area (Å²) in [7, 11) is 0. The number of aromatic nitrogens is 3. The summed E-state index contributed by atoms with van der Waals surface area (Å²) in [6.45, 7) is 0.185. The average molecular weight is 480 g/mol. The molecule has 1 aliphatic heterocycles. The Hall–Kier alpha value is -2.88. The maximum Gasteiger partial charge on any atom is 0.410 e. The van der Waals surface area contributed by atoms with Crippen molar-refractivity contribution in [2.24, 2.45) is 0 Å². The molecule has 0 aliphatic carbocycles. The predicted molar refractivity (Wildman–Crippen MR) is 108 cm³/mol. The zero-order valence-electron chi connectivity index (χ0n) is 15.5. The maximum atomic E-state index is 13.8. The van der Waals surface area contributed by atoms with Crippen molar-refractivity contribution >= 4 is 27.7 Å². The van der Waals surface area contributed by atoms with Crippen LogP contribution in [-0.2, 0) is 6.54 Å². The summed E-state index contributed by atoms with van der Waals surface area (Å²) in [4.78, 5) is 16.6. The van der Waals surface area contributed by atoms with E-state index < -0.39 is 24.2 Å². The van der Waals surface area contributed by atoms with Gasteiger partial charge in [0.1, 0.15) is 5.82 Å². The number of hydrogen-bond donors (Lipinski definition) is 2. The number of hydrogen-bond acceptors (Lipinski definition) is 4. The molecule has 2 atom stereocenters. The van der Waals surface area contributed by atoms with Gasteiger partial charge in [0.15, 0.2) is 11.7 Å². The Morgan fingerprint density at radius 3 is 2.67 bits per heavy atom. The molecule has 1 aliphatic rings. The van der Waals surface area contributed by atoms with Gasteiger partial charge in [0.25, 0.3) is 5.91 Å². The number of benzene rings is 1. The van der Waals surface area contributed by atoms with Gasteiger partial charge in [0.2, 0.25) is 0 Å². The molecule has 3 heterocycles. The molecular formula is C20H17BrF3N5O. The molecule has 4 rings (SSSR count). The summed E-state index contributed by atoms with van der Waals surface area (Å²) < 4.78 is 42.5. The highest BCUT2D eigenvalue weighted by atomic mass is 79.9. The van der Waals surface area contributed by atoms with E-state index in [0.29, 0.717) is 0 Å². The molecule has 0 bridgehead atoms. The Labute approximate surface area is 178 Å². The number of pyridine rings is 1. The Morgan fingerprint density at radius 1 is 1.23 bits per heavy atom. The first-order valence-electron chi connectivity index (χ1n) is 9.18. The topological polar surface area (TPSA) is 71.8 Å². The molecule has 1 amide bonds. The minimum atomic E-state index is -4.52. The number of nitrogens with one attached hydrogen (secondary N) is 2. The molecule has 0 spiro atoms. The highest BCUT2D eigenvalue weighted by Crippen LogP contribution is 2.46. The molecule has 2 aromatic heterocycles. The summed E-state index contributed by atoms with van der Waals surface area (Å²) >= 11 is 3.27. The minimum Gasteiger partial charge on any atom is -0.362 e. The molecule has 30 heavy (non-hydrogen) atoms. The van der Waals surface area contributed by atoms with Crippen molar-refractivity contribution in [3.8, 4) is 0 Å². The zero-order chi connectivity index (χ0) is 21.3. The van der Waals surface area contributed by atoms with Crippen molar-refractivity contribution in [3.05, 3.63) is 76.2 Å². The number of rotatable bonds is 4. The lowest BCUT2D eigenvalue weighted by Crippen LogP contribution is -2.35. The Balaban J connectivity index is 1.64. The number of anilines is 1.